The summed E-state index contributed by atoms with van der Waals surface area (Å²) < 4.78 is 0. The molecule has 0 fully saturated rings. The zero-order chi connectivity index (χ0) is 14.8. The number of allylic oxidation sites excluding steroid dienone is 1. The molecule has 0 spiro atoms. The third kappa shape index (κ3) is 2.85. The van der Waals surface area contributed by atoms with Crippen molar-refractivity contribution in [1.82, 2.24) is 9.97 Å². The van der Waals surface area contributed by atoms with Gasteiger partial charge in [0.25, 0.3) is 0 Å². The standard InChI is InChI=1S/C15H17N5O/c1-9(21)7-18-14-12-3-2-10(11-4-5-17-8-11)6-13(12)19-15(16)20-14/h2-6,9,21H,7-8H2,1H3,(H3,16,18,19,20)/t9-/m0/s1. The van der Waals surface area contributed by atoms with E-state index in [1.807, 2.05) is 30.5 Å². The Balaban J connectivity index is 2.01. The largest absolute Gasteiger partial charge is 0.392 e. The van der Waals surface area contributed by atoms with Gasteiger partial charge in [-0.05, 0) is 36.3 Å². The molecule has 3 rings (SSSR count). The SMILES string of the molecule is C[C@H](O)CNc1nc(N)nc2cc(C3=CC=NC3)ccc12. The molecule has 0 radical (unpaired) electrons. The van der Waals surface area contributed by atoms with Crippen molar-refractivity contribution in [2.75, 3.05) is 24.1 Å². The first kappa shape index (κ1) is 13.5. The summed E-state index contributed by atoms with van der Waals surface area (Å²) in [6.45, 7) is 2.82. The Hall–Kier alpha value is -2.47. The normalized spacial score (nSPS) is 15.2. The first-order valence-corrected chi connectivity index (χ1v) is 6.82. The van der Waals surface area contributed by atoms with Crippen molar-refractivity contribution in [2.24, 2.45) is 4.99 Å². The van der Waals surface area contributed by atoms with E-state index < -0.39 is 6.10 Å². The van der Waals surface area contributed by atoms with Gasteiger partial charge < -0.3 is 16.2 Å². The van der Waals surface area contributed by atoms with Gasteiger partial charge >= 0.3 is 0 Å². The first-order valence-electron chi connectivity index (χ1n) is 6.82. The van der Waals surface area contributed by atoms with E-state index in [9.17, 15) is 5.11 Å². The van der Waals surface area contributed by atoms with Gasteiger partial charge in [-0.2, -0.15) is 4.98 Å². The van der Waals surface area contributed by atoms with E-state index in [4.69, 9.17) is 5.73 Å². The van der Waals surface area contributed by atoms with Crippen LogP contribution in [0.1, 0.15) is 12.5 Å². The van der Waals surface area contributed by atoms with Crippen LogP contribution in [0, 0.1) is 0 Å². The number of nitrogens with two attached hydrogens (primary N) is 1. The first-order chi connectivity index (χ1) is 10.1. The molecule has 6 nitrogen and oxygen atoms in total. The van der Waals surface area contributed by atoms with Crippen LogP contribution < -0.4 is 11.1 Å². The number of nitrogens with one attached hydrogen (secondary N) is 1. The number of benzene rings is 1. The maximum absolute atomic E-state index is 9.38. The van der Waals surface area contributed by atoms with Crippen LogP contribution in [0.15, 0.2) is 29.3 Å². The number of aliphatic imine (C=N–C) groups is 1. The van der Waals surface area contributed by atoms with Gasteiger partial charge in [0, 0.05) is 18.1 Å². The second-order valence-corrected chi connectivity index (χ2v) is 5.07. The van der Waals surface area contributed by atoms with Crippen molar-refractivity contribution in [1.29, 1.82) is 0 Å². The van der Waals surface area contributed by atoms with Crippen LogP contribution in [0.25, 0.3) is 16.5 Å². The fourth-order valence-corrected chi connectivity index (χ4v) is 2.26. The lowest BCUT2D eigenvalue weighted by Crippen LogP contribution is -2.16. The van der Waals surface area contributed by atoms with Crippen molar-refractivity contribution >= 4 is 34.5 Å². The molecule has 108 valence electrons. The number of hydrogen-bond acceptors (Lipinski definition) is 6. The summed E-state index contributed by atoms with van der Waals surface area (Å²) in [5.74, 6) is 0.853. The minimum atomic E-state index is -0.462. The monoisotopic (exact) mass is 283 g/mol. The predicted molar refractivity (Wildman–Crippen MR) is 85.5 cm³/mol. The summed E-state index contributed by atoms with van der Waals surface area (Å²) in [7, 11) is 0. The van der Waals surface area contributed by atoms with E-state index in [-0.39, 0.29) is 5.95 Å². The molecule has 21 heavy (non-hydrogen) atoms. The minimum Gasteiger partial charge on any atom is -0.392 e. The van der Waals surface area contributed by atoms with Gasteiger partial charge in [0.1, 0.15) is 5.82 Å². The maximum Gasteiger partial charge on any atom is 0.222 e. The van der Waals surface area contributed by atoms with E-state index in [1.54, 1.807) is 6.92 Å². The summed E-state index contributed by atoms with van der Waals surface area (Å²) in [5, 5.41) is 13.4. The molecule has 6 heteroatoms. The number of aromatic nitrogens is 2. The lowest BCUT2D eigenvalue weighted by atomic mass is 10.0. The molecule has 0 amide bonds. The highest BCUT2D eigenvalue weighted by Crippen LogP contribution is 2.26. The molecule has 1 aliphatic heterocycles. The Morgan fingerprint density at radius 1 is 1.38 bits per heavy atom. The Labute approximate surface area is 122 Å². The molecule has 1 aliphatic rings. The number of nitrogens with zero attached hydrogens (tertiary/aromatic N) is 3. The third-order valence-corrected chi connectivity index (χ3v) is 3.29. The predicted octanol–water partition coefficient (Wildman–Crippen LogP) is 1.47. The number of aliphatic hydroxyl groups excluding tert-OH is 1. The van der Waals surface area contributed by atoms with Gasteiger partial charge in [-0.15, -0.1) is 0 Å². The average Bonchev–Trinajstić information content (AvgIpc) is 2.98. The van der Waals surface area contributed by atoms with Crippen molar-refractivity contribution in [2.45, 2.75) is 13.0 Å². The van der Waals surface area contributed by atoms with E-state index in [0.29, 0.717) is 18.9 Å². The molecule has 1 aromatic heterocycles. The van der Waals surface area contributed by atoms with E-state index in [2.05, 4.69) is 20.3 Å². The van der Waals surface area contributed by atoms with Gasteiger partial charge in [0.05, 0.1) is 18.2 Å². The summed E-state index contributed by atoms with van der Waals surface area (Å²) in [5.41, 5.74) is 8.79. The zero-order valence-corrected chi connectivity index (χ0v) is 11.7. The lowest BCUT2D eigenvalue weighted by molar-refractivity contribution is 0.208. The molecular weight excluding hydrogens is 266 g/mol. The number of aliphatic hydroxyl groups is 1. The Morgan fingerprint density at radius 3 is 2.95 bits per heavy atom. The van der Waals surface area contributed by atoms with E-state index >= 15 is 0 Å². The summed E-state index contributed by atoms with van der Waals surface area (Å²) in [6.07, 6.45) is 3.35. The van der Waals surface area contributed by atoms with Crippen LogP contribution in [0.5, 0.6) is 0 Å². The Kier molecular flexibility index (Phi) is 3.53. The molecule has 2 heterocycles. The van der Waals surface area contributed by atoms with Crippen LogP contribution in [-0.4, -0.2) is 40.5 Å². The molecule has 4 N–H and O–H groups in total. The van der Waals surface area contributed by atoms with Gasteiger partial charge in [-0.25, -0.2) is 4.98 Å². The number of fused-ring (bicyclic) bond motifs is 1. The minimum absolute atomic E-state index is 0.212. The second kappa shape index (κ2) is 5.49. The molecule has 0 bridgehead atoms. The zero-order valence-electron chi connectivity index (χ0n) is 11.7. The average molecular weight is 283 g/mol. The summed E-state index contributed by atoms with van der Waals surface area (Å²) >= 11 is 0. The Bertz CT molecular complexity index is 736. The maximum atomic E-state index is 9.38. The number of rotatable bonds is 4. The van der Waals surface area contributed by atoms with Gasteiger partial charge in [-0.1, -0.05) is 6.07 Å². The van der Waals surface area contributed by atoms with Crippen molar-refractivity contribution < 1.29 is 5.11 Å². The molecule has 1 aromatic carbocycles. The van der Waals surface area contributed by atoms with E-state index in [1.165, 1.54) is 0 Å². The van der Waals surface area contributed by atoms with Crippen molar-refractivity contribution in [3.8, 4) is 0 Å². The smallest absolute Gasteiger partial charge is 0.222 e. The fourth-order valence-electron chi connectivity index (χ4n) is 2.26. The fraction of sp³-hybridized carbons (Fsp3) is 0.267. The molecule has 1 atom stereocenters. The molecule has 0 saturated heterocycles. The number of nitrogen functional groups attached to an aromatic ring is 1. The molecular formula is C15H17N5O. The van der Waals surface area contributed by atoms with Crippen molar-refractivity contribution in [3.63, 3.8) is 0 Å². The lowest BCUT2D eigenvalue weighted by Gasteiger charge is -2.11. The highest BCUT2D eigenvalue weighted by Gasteiger charge is 2.10. The van der Waals surface area contributed by atoms with Crippen molar-refractivity contribution in [3.05, 3.63) is 29.8 Å². The van der Waals surface area contributed by atoms with Gasteiger partial charge in [-0.3, -0.25) is 4.99 Å². The second-order valence-electron chi connectivity index (χ2n) is 5.07. The number of hydrogen-bond donors (Lipinski definition) is 3. The van der Waals surface area contributed by atoms with Gasteiger partial charge in [0.2, 0.25) is 5.95 Å². The van der Waals surface area contributed by atoms with Crippen LogP contribution >= 0.6 is 0 Å². The van der Waals surface area contributed by atoms with Gasteiger partial charge in [0.15, 0.2) is 0 Å². The number of anilines is 2. The molecule has 2 aromatic rings. The highest BCUT2D eigenvalue weighted by molar-refractivity contribution is 5.95. The van der Waals surface area contributed by atoms with Crippen LogP contribution in [0.3, 0.4) is 0 Å². The molecule has 0 aliphatic carbocycles. The summed E-state index contributed by atoms with van der Waals surface area (Å²) in [6, 6.07) is 5.98. The third-order valence-electron chi connectivity index (χ3n) is 3.29. The quantitative estimate of drug-likeness (QED) is 0.789. The highest BCUT2D eigenvalue weighted by atomic mass is 16.3. The van der Waals surface area contributed by atoms with E-state index in [0.717, 1.165) is 22.0 Å². The Morgan fingerprint density at radius 2 is 2.24 bits per heavy atom. The van der Waals surface area contributed by atoms with Crippen LogP contribution in [0.2, 0.25) is 0 Å². The topological polar surface area (TPSA) is 96.4 Å². The van der Waals surface area contributed by atoms with Crippen LogP contribution in [0.4, 0.5) is 11.8 Å². The van der Waals surface area contributed by atoms with Crippen LogP contribution in [-0.2, 0) is 0 Å². The molecule has 0 unspecified atom stereocenters. The summed E-state index contributed by atoms with van der Waals surface area (Å²) in [4.78, 5) is 12.7. The molecule has 0 saturated carbocycles.